The largest absolute Gasteiger partial charge is 0.461 e. The Morgan fingerprint density at radius 1 is 1.06 bits per heavy atom. The van der Waals surface area contributed by atoms with Crippen molar-refractivity contribution in [2.24, 2.45) is 4.99 Å². The Hall–Kier alpha value is -3.91. The first kappa shape index (κ1) is 33.0. The fraction of sp³-hybridized carbons (Fsp3) is 0.382. The van der Waals surface area contributed by atoms with E-state index in [2.05, 4.69) is 63.6 Å². The van der Waals surface area contributed by atoms with Gasteiger partial charge in [0.2, 0.25) is 0 Å². The number of ether oxygens (including phenoxy) is 2. The lowest BCUT2D eigenvalue weighted by molar-refractivity contribution is 0.0518. The summed E-state index contributed by atoms with van der Waals surface area (Å²) in [6.45, 7) is 13.9. The number of aryl methyl sites for hydroxylation is 1. The fourth-order valence-corrected chi connectivity index (χ4v) is 8.15. The number of benzene rings is 2. The highest BCUT2D eigenvalue weighted by atomic mass is 32.1. The van der Waals surface area contributed by atoms with Gasteiger partial charge in [-0.25, -0.2) is 9.78 Å². The van der Waals surface area contributed by atoms with E-state index < -0.39 is 14.0 Å². The second-order valence-corrected chi connectivity index (χ2v) is 20.5. The van der Waals surface area contributed by atoms with Gasteiger partial charge < -0.3 is 19.3 Å². The van der Waals surface area contributed by atoms with Gasteiger partial charge in [0.25, 0.3) is 0 Å². The average Bonchev–Trinajstić information content (AvgIpc) is 3.61. The number of fused-ring (bicyclic) bond motifs is 1. The van der Waals surface area contributed by atoms with E-state index in [-0.39, 0.29) is 5.92 Å². The van der Waals surface area contributed by atoms with Gasteiger partial charge in [0.15, 0.2) is 27.3 Å². The zero-order valence-electron chi connectivity index (χ0n) is 27.8. The number of hydrogen-bond donors (Lipinski definition) is 0. The number of carbonyl (C=O) groups excluding carboxylic acids is 1. The van der Waals surface area contributed by atoms with Crippen LogP contribution < -0.4 is 14.6 Å². The summed E-state index contributed by atoms with van der Waals surface area (Å²) in [7, 11) is 0.703. The number of rotatable bonds is 12. The molecule has 10 nitrogen and oxygen atoms in total. The monoisotopic (exact) mass is 687 g/mol. The minimum absolute atomic E-state index is 0.191. The summed E-state index contributed by atoms with van der Waals surface area (Å²) in [5.41, 5.74) is 3.52. The number of esters is 1. The Morgan fingerprint density at radius 3 is 2.53 bits per heavy atom. The first-order valence-corrected chi connectivity index (χ1v) is 21.2. The van der Waals surface area contributed by atoms with Gasteiger partial charge in [0, 0.05) is 51.3 Å². The summed E-state index contributed by atoms with van der Waals surface area (Å²) in [4.78, 5) is 28.6. The first-order chi connectivity index (χ1) is 22.6. The molecule has 0 bridgehead atoms. The van der Waals surface area contributed by atoms with Crippen LogP contribution in [-0.2, 0) is 16.2 Å². The summed E-state index contributed by atoms with van der Waals surface area (Å²) in [6, 6.07) is 21.6. The lowest BCUT2D eigenvalue weighted by atomic mass is 9.96. The molecule has 6 rings (SSSR count). The van der Waals surface area contributed by atoms with Crippen LogP contribution in [-0.4, -0.2) is 67.1 Å². The number of aromatic nitrogens is 4. The van der Waals surface area contributed by atoms with Crippen molar-refractivity contribution in [3.8, 4) is 0 Å². The summed E-state index contributed by atoms with van der Waals surface area (Å²) in [6.07, 6.45) is 0. The topological polar surface area (TPSA) is 98.0 Å². The number of carbonyl (C=O) groups is 1. The van der Waals surface area contributed by atoms with E-state index in [1.807, 2.05) is 62.2 Å². The molecule has 2 aromatic carbocycles. The average molecular weight is 688 g/mol. The van der Waals surface area contributed by atoms with E-state index in [1.165, 1.54) is 17.0 Å². The number of hydrogen-bond acceptors (Lipinski definition) is 11. The molecule has 47 heavy (non-hydrogen) atoms. The highest BCUT2D eigenvalue weighted by Crippen LogP contribution is 2.40. The maximum Gasteiger partial charge on any atom is 0.358 e. The second-order valence-electron chi connectivity index (χ2n) is 12.9. The zero-order chi connectivity index (χ0) is 33.1. The molecule has 1 aliphatic heterocycles. The molecule has 0 atom stereocenters. The first-order valence-electron chi connectivity index (χ1n) is 15.9. The molecule has 1 saturated heterocycles. The Kier molecular flexibility index (Phi) is 9.87. The lowest BCUT2D eigenvalue weighted by Crippen LogP contribution is -2.45. The van der Waals surface area contributed by atoms with Crippen molar-refractivity contribution in [2.45, 2.75) is 52.2 Å². The molecule has 3 aromatic heterocycles. The van der Waals surface area contributed by atoms with Crippen LogP contribution in [0.25, 0.3) is 10.2 Å². The van der Waals surface area contributed by atoms with Crippen molar-refractivity contribution in [1.82, 2.24) is 19.7 Å². The fourth-order valence-electron chi connectivity index (χ4n) is 5.27. The highest BCUT2D eigenvalue weighted by molar-refractivity contribution is 7.16. The molecule has 0 saturated carbocycles. The maximum atomic E-state index is 13.0. The van der Waals surface area contributed by atoms with Crippen LogP contribution in [0.4, 0.5) is 22.5 Å². The molecule has 5 aromatic rings. The third kappa shape index (κ3) is 7.48. The minimum atomic E-state index is -1.19. The molecule has 1 aliphatic rings. The molecule has 0 N–H and O–H groups in total. The van der Waals surface area contributed by atoms with Crippen LogP contribution in [0, 0.1) is 6.92 Å². The molecule has 0 aliphatic carbocycles. The molecule has 13 heteroatoms. The third-order valence-electron chi connectivity index (χ3n) is 8.07. The Bertz CT molecular complexity index is 1930. The molecule has 0 unspecified atom stereocenters. The Morgan fingerprint density at radius 2 is 1.81 bits per heavy atom. The molecule has 0 spiro atoms. The van der Waals surface area contributed by atoms with Gasteiger partial charge in [-0.1, -0.05) is 61.3 Å². The van der Waals surface area contributed by atoms with E-state index in [0.29, 0.717) is 35.8 Å². The van der Waals surface area contributed by atoms with Gasteiger partial charge in [0.05, 0.1) is 16.8 Å². The Balaban J connectivity index is 1.24. The normalized spacial score (nSPS) is 14.1. The van der Waals surface area contributed by atoms with Crippen LogP contribution in [0.3, 0.4) is 0 Å². The van der Waals surface area contributed by atoms with Crippen LogP contribution in [0.5, 0.6) is 0 Å². The van der Waals surface area contributed by atoms with E-state index in [9.17, 15) is 4.79 Å². The number of thiazole rings is 2. The van der Waals surface area contributed by atoms with Gasteiger partial charge in [-0.2, -0.15) is 4.99 Å². The maximum absolute atomic E-state index is 13.0. The predicted molar refractivity (Wildman–Crippen MR) is 193 cm³/mol. The molecule has 4 heterocycles. The van der Waals surface area contributed by atoms with Crippen molar-refractivity contribution >= 4 is 69.4 Å². The Labute approximate surface area is 284 Å². The molecule has 0 amide bonds. The van der Waals surface area contributed by atoms with Gasteiger partial charge in [-0.15, -0.1) is 21.5 Å². The van der Waals surface area contributed by atoms with Gasteiger partial charge in [0.1, 0.15) is 6.73 Å². The summed E-state index contributed by atoms with van der Waals surface area (Å²) < 4.78 is 14.8. The van der Waals surface area contributed by atoms with Crippen LogP contribution in [0.15, 0.2) is 65.7 Å². The van der Waals surface area contributed by atoms with Crippen LogP contribution in [0.1, 0.15) is 33.8 Å². The summed E-state index contributed by atoms with van der Waals surface area (Å²) in [5, 5.41) is 9.74. The molecular formula is C34H41N7O3S2Si. The van der Waals surface area contributed by atoms with E-state index in [1.54, 1.807) is 11.3 Å². The van der Waals surface area contributed by atoms with E-state index >= 15 is 0 Å². The van der Waals surface area contributed by atoms with Crippen LogP contribution >= 0.6 is 22.7 Å². The van der Waals surface area contributed by atoms with Crippen LogP contribution in [0.2, 0.25) is 25.7 Å². The minimum Gasteiger partial charge on any atom is -0.461 e. The van der Waals surface area contributed by atoms with Gasteiger partial charge in [-0.3, -0.25) is 4.57 Å². The summed E-state index contributed by atoms with van der Waals surface area (Å²) in [5.74, 6) is 0.965. The third-order valence-corrected chi connectivity index (χ3v) is 12.1. The van der Waals surface area contributed by atoms with Crippen molar-refractivity contribution in [3.05, 3.63) is 81.6 Å². The van der Waals surface area contributed by atoms with Gasteiger partial charge >= 0.3 is 5.97 Å². The zero-order valence-corrected chi connectivity index (χ0v) is 30.4. The number of anilines is 3. The SMILES string of the molecule is CCOC(=O)c1nc(N(C)c2cc(C)c(N=c3sc4ccccc4n3COCC[Si](C)(C)C)nn2)sc1C1CN(c2ccccc2)C1. The molecule has 0 radical (unpaired) electrons. The lowest BCUT2D eigenvalue weighted by Gasteiger charge is -2.40. The molecule has 246 valence electrons. The highest BCUT2D eigenvalue weighted by Gasteiger charge is 2.35. The quantitative estimate of drug-likeness (QED) is 0.0763. The number of nitrogens with zero attached hydrogens (tertiary/aromatic N) is 7. The molecule has 1 fully saturated rings. The number of para-hydroxylation sites is 2. The molecular weight excluding hydrogens is 647 g/mol. The standard InChI is InChI=1S/C34H41N7O3S2Si/c1-7-44-32(42)29-30(24-20-40(21-24)25-13-9-8-10-14-25)46-33(35-29)39(3)28-19-23(2)31(38-37-28)36-34-41(22-43-17-18-47(4,5)6)26-15-11-12-16-27(26)45-34/h8-16,19,24H,7,17-18,20-22H2,1-6H3. The summed E-state index contributed by atoms with van der Waals surface area (Å²) >= 11 is 3.12. The van der Waals surface area contributed by atoms with E-state index in [0.717, 1.165) is 51.2 Å². The van der Waals surface area contributed by atoms with Gasteiger partial charge in [-0.05, 0) is 55.8 Å². The van der Waals surface area contributed by atoms with E-state index in [4.69, 9.17) is 19.5 Å². The predicted octanol–water partition coefficient (Wildman–Crippen LogP) is 7.35. The van der Waals surface area contributed by atoms with Crippen molar-refractivity contribution in [1.29, 1.82) is 0 Å². The van der Waals surface area contributed by atoms with Crippen molar-refractivity contribution in [3.63, 3.8) is 0 Å². The van der Waals surface area contributed by atoms with Crippen molar-refractivity contribution < 1.29 is 14.3 Å². The van der Waals surface area contributed by atoms with Crippen molar-refractivity contribution in [2.75, 3.05) is 43.2 Å². The second kappa shape index (κ2) is 14.1. The smallest absolute Gasteiger partial charge is 0.358 e.